The van der Waals surface area contributed by atoms with Gasteiger partial charge in [0.2, 0.25) is 0 Å². The van der Waals surface area contributed by atoms with Crippen molar-refractivity contribution in [2.75, 3.05) is 6.16 Å². The highest BCUT2D eigenvalue weighted by Crippen LogP contribution is 2.64. The Balaban J connectivity index is 1.25. The van der Waals surface area contributed by atoms with E-state index < -0.39 is 16.1 Å². The van der Waals surface area contributed by atoms with Crippen molar-refractivity contribution in [2.45, 2.75) is 110 Å². The van der Waals surface area contributed by atoms with Crippen LogP contribution in [0.15, 0.2) is 42.0 Å². The van der Waals surface area contributed by atoms with Crippen molar-refractivity contribution < 1.29 is 8.99 Å². The fourth-order valence-electron chi connectivity index (χ4n) is 8.67. The zero-order chi connectivity index (χ0) is 25.9. The minimum absolute atomic E-state index is 0.0744. The van der Waals surface area contributed by atoms with Crippen molar-refractivity contribution in [1.82, 2.24) is 0 Å². The predicted molar refractivity (Wildman–Crippen MR) is 156 cm³/mol. The molecule has 1 aromatic carbocycles. The smallest absolute Gasteiger partial charge is 0.192 e. The Morgan fingerprint density at radius 3 is 2.36 bits per heavy atom. The van der Waals surface area contributed by atoms with Gasteiger partial charge in [0, 0.05) is 11.5 Å². The summed E-state index contributed by atoms with van der Waals surface area (Å²) in [6.45, 7) is 16.9. The molecule has 4 heteroatoms. The first-order valence-electron chi connectivity index (χ1n) is 14.7. The van der Waals surface area contributed by atoms with Crippen molar-refractivity contribution in [3.05, 3.63) is 42.0 Å². The topological polar surface area (TPSA) is 26.3 Å². The van der Waals surface area contributed by atoms with Gasteiger partial charge in [-0.05, 0) is 124 Å². The van der Waals surface area contributed by atoms with Gasteiger partial charge in [0.25, 0.3) is 0 Å². The summed E-state index contributed by atoms with van der Waals surface area (Å²) in [5.74, 6) is 4.27. The molecule has 1 unspecified atom stereocenters. The highest BCUT2D eigenvalue weighted by Gasteiger charge is 2.56. The van der Waals surface area contributed by atoms with Crippen LogP contribution in [0.25, 0.3) is 0 Å². The van der Waals surface area contributed by atoms with Crippen LogP contribution in [0.5, 0.6) is 0 Å². The number of benzene rings is 1. The molecule has 5 rings (SSSR count). The van der Waals surface area contributed by atoms with E-state index in [0.29, 0.717) is 0 Å². The van der Waals surface area contributed by atoms with E-state index in [4.69, 9.17) is 4.43 Å². The Morgan fingerprint density at radius 2 is 1.67 bits per heavy atom. The summed E-state index contributed by atoms with van der Waals surface area (Å²) >= 11 is 0. The quantitative estimate of drug-likeness (QED) is 0.218. The van der Waals surface area contributed by atoms with Gasteiger partial charge in [-0.2, -0.15) is 0 Å². The third-order valence-corrected chi connectivity index (χ3v) is 17.7. The summed E-state index contributed by atoms with van der Waals surface area (Å²) in [5, 5.41) is 1.29. The molecule has 199 valence electrons. The minimum Gasteiger partial charge on any atom is -0.412 e. The minimum atomic E-state index is -1.76. The monoisotopic (exact) mass is 525 g/mol. The molecule has 1 radical (unpaired) electrons. The van der Waals surface area contributed by atoms with E-state index >= 15 is 0 Å². The predicted octanol–water partition coefficient (Wildman–Crippen LogP) is 9.11. The summed E-state index contributed by atoms with van der Waals surface area (Å²) in [6, 6.07) is 10.1. The van der Waals surface area contributed by atoms with Crippen LogP contribution >= 0.6 is 7.80 Å². The lowest BCUT2D eigenvalue weighted by Gasteiger charge is -2.58. The lowest BCUT2D eigenvalue weighted by atomic mass is 9.49. The third-order valence-electron chi connectivity index (χ3n) is 11.6. The molecule has 0 bridgehead atoms. The van der Waals surface area contributed by atoms with Crippen molar-refractivity contribution in [2.24, 2.45) is 35.0 Å². The summed E-state index contributed by atoms with van der Waals surface area (Å²) in [5.41, 5.74) is 1.85. The molecule has 3 fully saturated rings. The van der Waals surface area contributed by atoms with Crippen LogP contribution in [-0.4, -0.2) is 20.1 Å². The first kappa shape index (κ1) is 26.8. The van der Waals surface area contributed by atoms with Gasteiger partial charge in [0.1, 0.15) is 7.80 Å². The Labute approximate surface area is 223 Å². The van der Waals surface area contributed by atoms with Gasteiger partial charge in [-0.25, -0.2) is 0 Å². The summed E-state index contributed by atoms with van der Waals surface area (Å²) in [6.07, 6.45) is 13.8. The highest BCUT2D eigenvalue weighted by molar-refractivity contribution is 7.53. The van der Waals surface area contributed by atoms with Crippen LogP contribution in [-0.2, 0) is 8.99 Å². The van der Waals surface area contributed by atoms with Crippen LogP contribution in [0.2, 0.25) is 18.1 Å². The van der Waals surface area contributed by atoms with Gasteiger partial charge in [-0.1, -0.05) is 57.5 Å². The first-order valence-corrected chi connectivity index (χ1v) is 19.1. The second kappa shape index (κ2) is 9.46. The molecule has 0 saturated heterocycles. The largest absolute Gasteiger partial charge is 0.412 e. The number of allylic oxidation sites excluding steroid dienone is 2. The molecule has 36 heavy (non-hydrogen) atoms. The molecule has 2 nitrogen and oxygen atoms in total. The molecule has 8 atom stereocenters. The van der Waals surface area contributed by atoms with Crippen molar-refractivity contribution in [3.8, 4) is 0 Å². The fraction of sp³-hybridized carbons (Fsp3) is 0.750. The van der Waals surface area contributed by atoms with Crippen molar-refractivity contribution in [3.63, 3.8) is 0 Å². The van der Waals surface area contributed by atoms with Gasteiger partial charge >= 0.3 is 0 Å². The number of fused-ring (bicyclic) bond motifs is 5. The second-order valence-corrected chi connectivity index (χ2v) is 21.1. The molecule has 4 aliphatic carbocycles. The third kappa shape index (κ3) is 4.75. The molecule has 3 saturated carbocycles. The van der Waals surface area contributed by atoms with E-state index in [1.54, 1.807) is 0 Å². The molecular formula is C32H50O2PSi. The van der Waals surface area contributed by atoms with Crippen LogP contribution in [0.4, 0.5) is 0 Å². The average Bonchev–Trinajstić information content (AvgIpc) is 3.14. The van der Waals surface area contributed by atoms with Gasteiger partial charge in [-0.15, -0.1) is 0 Å². The molecule has 4 aliphatic rings. The van der Waals surface area contributed by atoms with Gasteiger partial charge < -0.3 is 4.43 Å². The number of hydrogen-bond donors (Lipinski definition) is 0. The lowest BCUT2D eigenvalue weighted by Crippen LogP contribution is -2.54. The Hall–Kier alpha value is -0.763. The Kier molecular flexibility index (Phi) is 7.05. The summed E-state index contributed by atoms with van der Waals surface area (Å²) in [7, 11) is -3.10. The van der Waals surface area contributed by atoms with E-state index in [9.17, 15) is 4.57 Å². The SMILES string of the molecule is CC(C)(C)[Si](C)(C)O[C@]1(C)CC[C@H]2[C@H](CC[C@@H]3[C@@H]2CC[C@]2(C)C(C[P](=O)c4ccccc4)=CC[C@@H]32)C1. The molecule has 1 aromatic rings. The van der Waals surface area contributed by atoms with Crippen LogP contribution in [0, 0.1) is 35.0 Å². The molecule has 0 N–H and O–H groups in total. The maximum Gasteiger partial charge on any atom is 0.192 e. The zero-order valence-electron chi connectivity index (χ0n) is 24.0. The fourth-order valence-corrected chi connectivity index (χ4v) is 11.9. The molecule has 0 aliphatic heterocycles. The lowest BCUT2D eigenvalue weighted by molar-refractivity contribution is -0.0861. The average molecular weight is 526 g/mol. The van der Waals surface area contributed by atoms with E-state index in [2.05, 4.69) is 53.8 Å². The summed E-state index contributed by atoms with van der Waals surface area (Å²) < 4.78 is 20.3. The molecular weight excluding hydrogens is 475 g/mol. The van der Waals surface area contributed by atoms with Gasteiger partial charge in [0.15, 0.2) is 8.32 Å². The van der Waals surface area contributed by atoms with Gasteiger partial charge in [-0.3, -0.25) is 4.57 Å². The Bertz CT molecular complexity index is 1010. The highest BCUT2D eigenvalue weighted by atomic mass is 31.1. The maximum absolute atomic E-state index is 13.2. The van der Waals surface area contributed by atoms with E-state index in [0.717, 1.165) is 41.1 Å². The first-order chi connectivity index (χ1) is 16.8. The zero-order valence-corrected chi connectivity index (χ0v) is 25.9. The molecule has 0 aromatic heterocycles. The maximum atomic E-state index is 13.2. The van der Waals surface area contributed by atoms with Crippen molar-refractivity contribution >= 4 is 21.4 Å². The molecule has 0 spiro atoms. The standard InChI is InChI=1S/C32H50O2PSi/c1-30(2,3)36(6,7)34-31(4)19-17-26-23(21-31)13-15-28-27(26)18-20-32(5)24(14-16-29(28)32)22-35(33)25-11-9-8-10-12-25/h8-12,14,23,26-29H,13,15-22H2,1-7H3/t23-,26+,27-,28-,29+,31-,32-/m1/s1. The molecule has 0 amide bonds. The molecule has 0 heterocycles. The Morgan fingerprint density at radius 1 is 0.972 bits per heavy atom. The number of hydrogen-bond acceptors (Lipinski definition) is 2. The van der Waals surface area contributed by atoms with E-state index in [-0.39, 0.29) is 16.1 Å². The van der Waals surface area contributed by atoms with Crippen LogP contribution in [0.1, 0.15) is 86.0 Å². The summed E-state index contributed by atoms with van der Waals surface area (Å²) in [4.78, 5) is 0. The normalized spacial score (nSPS) is 39.0. The van der Waals surface area contributed by atoms with Crippen LogP contribution < -0.4 is 5.30 Å². The van der Waals surface area contributed by atoms with Crippen molar-refractivity contribution in [1.29, 1.82) is 0 Å². The second-order valence-electron chi connectivity index (χ2n) is 14.8. The van der Waals surface area contributed by atoms with E-state index in [1.807, 2.05) is 30.3 Å². The van der Waals surface area contributed by atoms with Crippen LogP contribution in [0.3, 0.4) is 0 Å². The number of rotatable bonds is 5. The van der Waals surface area contributed by atoms with E-state index in [1.165, 1.54) is 56.9 Å². The van der Waals surface area contributed by atoms with Gasteiger partial charge in [0.05, 0.1) is 5.60 Å².